The van der Waals surface area contributed by atoms with Crippen molar-refractivity contribution >= 4 is 34.8 Å². The van der Waals surface area contributed by atoms with Crippen LogP contribution in [0.2, 0.25) is 0 Å². The van der Waals surface area contributed by atoms with Crippen LogP contribution in [0.1, 0.15) is 83.1 Å². The van der Waals surface area contributed by atoms with E-state index >= 15 is 0 Å². The maximum atomic E-state index is 12.1. The number of allylic oxidation sites excluding steroid dienone is 8. The number of carbonyl (C=O) groups is 2. The third-order valence-corrected chi connectivity index (χ3v) is 8.10. The van der Waals surface area contributed by atoms with E-state index in [2.05, 4.69) is 20.0 Å². The van der Waals surface area contributed by atoms with E-state index in [1.165, 1.54) is 0 Å². The number of ether oxygens (including phenoxy) is 4. The topological polar surface area (TPSA) is 167 Å². The fraction of sp³-hybridized carbons (Fsp3) is 0.421. The van der Waals surface area contributed by atoms with Crippen LogP contribution in [0.15, 0.2) is 111 Å². The third-order valence-electron chi connectivity index (χ3n) is 8.10. The summed E-state index contributed by atoms with van der Waals surface area (Å²) in [4.78, 5) is 42.0. The number of rotatable bonds is 10. The number of hydrogen-bond acceptors (Lipinski definition) is 12. The van der Waals surface area contributed by atoms with Gasteiger partial charge in [0.15, 0.2) is 0 Å². The molecule has 4 rings (SSSR count). The molecule has 275 valence electrons. The molecule has 0 aromatic heterocycles. The van der Waals surface area contributed by atoms with Crippen LogP contribution in [-0.2, 0) is 45.3 Å². The Labute approximate surface area is 310 Å². The van der Waals surface area contributed by atoms with Crippen molar-refractivity contribution in [1.82, 2.24) is 0 Å². The van der Waals surface area contributed by atoms with Crippen molar-refractivity contribution in [3.63, 3.8) is 0 Å². The summed E-state index contributed by atoms with van der Waals surface area (Å²) in [5.74, 6) is -1.50. The van der Waals surface area contributed by atoms with Crippen molar-refractivity contribution in [1.29, 1.82) is 0 Å². The third kappa shape index (κ3) is 9.33. The summed E-state index contributed by atoms with van der Waals surface area (Å²) >= 11 is 0. The molecule has 0 spiro atoms. The first-order valence-electron chi connectivity index (χ1n) is 16.6. The number of carbonyl (C=O) groups excluding carboxylic acids is 2. The maximum absolute atomic E-state index is 12.1. The van der Waals surface area contributed by atoms with Gasteiger partial charge in [0.25, 0.3) is 0 Å². The first-order chi connectivity index (χ1) is 23.6. The fourth-order valence-electron chi connectivity index (χ4n) is 5.72. The maximum Gasteiger partial charge on any atom is 2.00 e. The predicted octanol–water partition coefficient (Wildman–Crippen LogP) is 5.16. The molecule has 0 fully saturated rings. The molecule has 4 aliphatic heterocycles. The Morgan fingerprint density at radius 1 is 0.510 bits per heavy atom. The fourth-order valence-corrected chi connectivity index (χ4v) is 5.72. The van der Waals surface area contributed by atoms with E-state index in [-0.39, 0.29) is 40.6 Å². The Morgan fingerprint density at radius 2 is 0.824 bits per heavy atom. The van der Waals surface area contributed by atoms with Crippen LogP contribution in [0, 0.1) is 0 Å². The van der Waals surface area contributed by atoms with E-state index < -0.39 is 0 Å². The smallest absolute Gasteiger partial charge is 0.613 e. The Kier molecular flexibility index (Phi) is 15.4. The molecule has 0 saturated carbocycles. The number of hydrogen-bond donors (Lipinski definition) is 0. The molecule has 0 aromatic rings. The summed E-state index contributed by atoms with van der Waals surface area (Å²) in [5, 5.41) is 24.2. The first kappa shape index (κ1) is 42.4. The molecule has 13 heteroatoms. The summed E-state index contributed by atoms with van der Waals surface area (Å²) in [6.07, 6.45) is 3.58. The second kappa shape index (κ2) is 18.5. The van der Waals surface area contributed by atoms with Crippen molar-refractivity contribution in [2.45, 2.75) is 83.1 Å². The molecular weight excluding hydrogens is 699 g/mol. The molecule has 0 bridgehead atoms. The van der Waals surface area contributed by atoms with Crippen molar-refractivity contribution < 1.29 is 55.5 Å². The Morgan fingerprint density at radius 3 is 1.12 bits per heavy atom. The number of esters is 2. The molecule has 4 aliphatic rings. The first-order valence-corrected chi connectivity index (χ1v) is 16.6. The van der Waals surface area contributed by atoms with E-state index in [4.69, 9.17) is 18.9 Å². The predicted molar refractivity (Wildman–Crippen MR) is 190 cm³/mol. The van der Waals surface area contributed by atoms with Gasteiger partial charge in [-0.2, -0.15) is 0 Å². The number of nitrogens with zero attached hydrogens (tertiary/aromatic N) is 4. The normalized spacial score (nSPS) is 20.5. The van der Waals surface area contributed by atoms with Crippen LogP contribution in [0.5, 0.6) is 0 Å². The van der Waals surface area contributed by atoms with Gasteiger partial charge in [-0.25, -0.2) is 9.59 Å². The zero-order valence-corrected chi connectivity index (χ0v) is 32.4. The second-order valence-electron chi connectivity index (χ2n) is 11.5. The van der Waals surface area contributed by atoms with Gasteiger partial charge >= 0.3 is 28.7 Å². The summed E-state index contributed by atoms with van der Waals surface area (Å²) in [5.41, 5.74) is 9.99. The molecule has 0 aliphatic carbocycles. The molecule has 4 heterocycles. The molecule has 0 saturated heterocycles. The molecule has 0 unspecified atom stereocenters. The standard InChI is InChI=1S/2C19H24N2O4.Co/c2*1-7-24-18(22)16-10(3)14(20-12(16)5)9-15-11(4)17(13(6)21-15)19(23)25-8-2;/h2*9,22H,7-8H2,1-6H3;/q;;+2/p-2/b2*15-9-,18-16+;. The minimum Gasteiger partial charge on any atom is -0.613 e. The quantitative estimate of drug-likeness (QED) is 0.219. The monoisotopic (exact) mass is 745 g/mol. The molecule has 0 atom stereocenters. The summed E-state index contributed by atoms with van der Waals surface area (Å²) in [6.45, 7) is 22.7. The van der Waals surface area contributed by atoms with Crippen LogP contribution in [0.4, 0.5) is 0 Å². The van der Waals surface area contributed by atoms with Gasteiger partial charge in [-0.1, -0.05) is 13.8 Å². The molecule has 51 heavy (non-hydrogen) atoms. The summed E-state index contributed by atoms with van der Waals surface area (Å²) in [6, 6.07) is 0. The Bertz CT molecular complexity index is 1730. The minimum absolute atomic E-state index is 0. The van der Waals surface area contributed by atoms with Crippen LogP contribution in [0.25, 0.3) is 0 Å². The van der Waals surface area contributed by atoms with Gasteiger partial charge in [0.05, 0.1) is 70.5 Å². The van der Waals surface area contributed by atoms with Gasteiger partial charge in [0.1, 0.15) is 0 Å². The molecule has 12 nitrogen and oxygen atoms in total. The van der Waals surface area contributed by atoms with Gasteiger partial charge < -0.3 is 29.2 Å². The molecule has 0 amide bonds. The average molecular weight is 746 g/mol. The van der Waals surface area contributed by atoms with Crippen LogP contribution >= 0.6 is 0 Å². The zero-order valence-electron chi connectivity index (χ0n) is 31.4. The SMILES string of the molecule is CCOC(=O)C1=C(C)/C(=C/C2=C(C)C(=C(/[O-])OCC)/C(C)=N2)N=C1C.CCOC(=O)C1=C(C)/C(=C/C2=C(C)C(=C(/[O-])OCC)/C(C)=N2)N=C1C.[Co+2]. The van der Waals surface area contributed by atoms with Gasteiger partial charge in [-0.3, -0.25) is 20.0 Å². The van der Waals surface area contributed by atoms with Crippen LogP contribution in [-0.4, -0.2) is 61.2 Å². The summed E-state index contributed by atoms with van der Waals surface area (Å²) in [7, 11) is 0. The van der Waals surface area contributed by atoms with Crippen molar-refractivity contribution in [3.05, 3.63) is 91.4 Å². The minimum atomic E-state index is -0.375. The van der Waals surface area contributed by atoms with Gasteiger partial charge in [0.2, 0.25) is 0 Å². The van der Waals surface area contributed by atoms with Crippen LogP contribution in [0.3, 0.4) is 0 Å². The molecular formula is C38H46CoN4O8. The zero-order chi connectivity index (χ0) is 37.4. The van der Waals surface area contributed by atoms with Crippen molar-refractivity contribution in [3.8, 4) is 0 Å². The van der Waals surface area contributed by atoms with Gasteiger partial charge in [0, 0.05) is 22.6 Å². The largest absolute Gasteiger partial charge is 2.00 e. The van der Waals surface area contributed by atoms with Crippen molar-refractivity contribution in [2.24, 2.45) is 20.0 Å². The van der Waals surface area contributed by atoms with E-state index in [0.717, 1.165) is 22.3 Å². The van der Waals surface area contributed by atoms with E-state index in [9.17, 15) is 19.8 Å². The number of aliphatic imine (C=N–C) groups is 4. The van der Waals surface area contributed by atoms with Gasteiger partial charge in [-0.15, -0.1) is 0 Å². The van der Waals surface area contributed by atoms with Crippen molar-refractivity contribution in [2.75, 3.05) is 26.4 Å². The van der Waals surface area contributed by atoms with E-state index in [1.807, 2.05) is 27.7 Å². The Balaban J connectivity index is 0.000000347. The van der Waals surface area contributed by atoms with Crippen LogP contribution < -0.4 is 10.2 Å². The van der Waals surface area contributed by atoms with E-state index in [1.54, 1.807) is 67.5 Å². The average Bonchev–Trinajstić information content (AvgIpc) is 3.68. The molecule has 1 radical (unpaired) electrons. The van der Waals surface area contributed by atoms with E-state index in [0.29, 0.717) is 94.4 Å². The summed E-state index contributed by atoms with van der Waals surface area (Å²) < 4.78 is 20.4. The molecule has 0 aromatic carbocycles. The second-order valence-corrected chi connectivity index (χ2v) is 11.5. The molecule has 0 N–H and O–H groups in total. The Hall–Kier alpha value is -4.75. The van der Waals surface area contributed by atoms with Gasteiger partial charge in [-0.05, 0) is 117 Å².